The van der Waals surface area contributed by atoms with E-state index >= 15 is 0 Å². The fraction of sp³-hybridized carbons (Fsp3) is 0.400. The molecule has 20 heavy (non-hydrogen) atoms. The van der Waals surface area contributed by atoms with Crippen LogP contribution in [0, 0.1) is 15.9 Å². The van der Waals surface area contributed by atoms with Crippen molar-refractivity contribution in [2.45, 2.75) is 17.4 Å². The molecule has 0 fully saturated rings. The zero-order valence-electron chi connectivity index (χ0n) is 10.4. The Labute approximate surface area is 114 Å². The molecule has 0 radical (unpaired) electrons. The highest BCUT2D eigenvalue weighted by molar-refractivity contribution is 7.89. The minimum Gasteiger partial charge on any atom is -0.393 e. The van der Waals surface area contributed by atoms with E-state index in [1.165, 1.54) is 6.92 Å². The van der Waals surface area contributed by atoms with Crippen LogP contribution in [0.25, 0.3) is 0 Å². The number of nitrogens with zero attached hydrogens (tertiary/aromatic N) is 1. The second-order valence-corrected chi connectivity index (χ2v) is 6.12. The third-order valence-corrected chi connectivity index (χ3v) is 3.81. The van der Waals surface area contributed by atoms with Crippen LogP contribution in [0.3, 0.4) is 0 Å². The molecular weight excluding hydrogens is 295 g/mol. The van der Waals surface area contributed by atoms with Crippen LogP contribution in [-0.4, -0.2) is 42.3 Å². The van der Waals surface area contributed by atoms with Gasteiger partial charge in [-0.05, 0) is 19.1 Å². The molecule has 0 spiro atoms. The van der Waals surface area contributed by atoms with Gasteiger partial charge in [-0.1, -0.05) is 0 Å². The van der Waals surface area contributed by atoms with Crippen molar-refractivity contribution in [2.75, 3.05) is 13.2 Å². The number of hydrogen-bond donors (Lipinski definition) is 3. The predicted molar refractivity (Wildman–Crippen MR) is 66.0 cm³/mol. The summed E-state index contributed by atoms with van der Waals surface area (Å²) in [5.41, 5.74) is -2.65. The molecule has 10 heteroatoms. The van der Waals surface area contributed by atoms with Gasteiger partial charge in [0.2, 0.25) is 15.8 Å². The van der Waals surface area contributed by atoms with E-state index in [2.05, 4.69) is 0 Å². The first-order valence-electron chi connectivity index (χ1n) is 5.36. The van der Waals surface area contributed by atoms with Crippen LogP contribution in [0.2, 0.25) is 0 Å². The summed E-state index contributed by atoms with van der Waals surface area (Å²) in [6.07, 6.45) is 0. The average Bonchev–Trinajstić information content (AvgIpc) is 2.36. The molecular formula is C10H13FN2O6S. The largest absolute Gasteiger partial charge is 0.393 e. The summed E-state index contributed by atoms with van der Waals surface area (Å²) in [5.74, 6) is -1.16. The molecule has 0 saturated heterocycles. The van der Waals surface area contributed by atoms with E-state index in [1.807, 2.05) is 4.72 Å². The molecule has 1 atom stereocenters. The number of aliphatic hydroxyl groups excluding tert-OH is 1. The van der Waals surface area contributed by atoms with Crippen LogP contribution in [0.1, 0.15) is 6.92 Å². The van der Waals surface area contributed by atoms with Gasteiger partial charge in [-0.25, -0.2) is 13.1 Å². The van der Waals surface area contributed by atoms with Crippen molar-refractivity contribution in [1.29, 1.82) is 0 Å². The molecule has 1 unspecified atom stereocenters. The van der Waals surface area contributed by atoms with Crippen molar-refractivity contribution >= 4 is 15.7 Å². The van der Waals surface area contributed by atoms with Crippen molar-refractivity contribution in [2.24, 2.45) is 0 Å². The number of hydrogen-bond acceptors (Lipinski definition) is 6. The van der Waals surface area contributed by atoms with Gasteiger partial charge in [0.05, 0.1) is 22.0 Å². The van der Waals surface area contributed by atoms with Gasteiger partial charge in [-0.2, -0.15) is 4.39 Å². The summed E-state index contributed by atoms with van der Waals surface area (Å²) in [6.45, 7) is 0.0126. The topological polar surface area (TPSA) is 130 Å². The van der Waals surface area contributed by atoms with E-state index in [4.69, 9.17) is 5.11 Å². The SMILES string of the molecule is CC(O)(CO)CNS(=O)(=O)c1ccc(F)c([N+](=O)[O-])c1. The van der Waals surface area contributed by atoms with Crippen LogP contribution >= 0.6 is 0 Å². The van der Waals surface area contributed by atoms with Gasteiger partial charge in [0.15, 0.2) is 0 Å². The molecule has 0 bridgehead atoms. The number of rotatable bonds is 6. The Balaban J connectivity index is 3.05. The van der Waals surface area contributed by atoms with E-state index in [9.17, 15) is 28.0 Å². The van der Waals surface area contributed by atoms with Crippen molar-refractivity contribution in [3.8, 4) is 0 Å². The van der Waals surface area contributed by atoms with Gasteiger partial charge < -0.3 is 10.2 Å². The van der Waals surface area contributed by atoms with E-state index < -0.39 is 50.1 Å². The van der Waals surface area contributed by atoms with Gasteiger partial charge in [0.25, 0.3) is 0 Å². The average molecular weight is 308 g/mol. The third kappa shape index (κ3) is 3.93. The number of nitro groups is 1. The summed E-state index contributed by atoms with van der Waals surface area (Å²) in [7, 11) is -4.17. The first-order valence-corrected chi connectivity index (χ1v) is 6.84. The van der Waals surface area contributed by atoms with E-state index in [0.717, 1.165) is 6.07 Å². The van der Waals surface area contributed by atoms with Gasteiger partial charge in [0.1, 0.15) is 0 Å². The van der Waals surface area contributed by atoms with Crippen LogP contribution in [0.5, 0.6) is 0 Å². The van der Waals surface area contributed by atoms with Gasteiger partial charge >= 0.3 is 5.69 Å². The highest BCUT2D eigenvalue weighted by Crippen LogP contribution is 2.21. The number of nitrogens with one attached hydrogen (secondary N) is 1. The molecule has 0 aliphatic carbocycles. The summed E-state index contributed by atoms with van der Waals surface area (Å²) < 4.78 is 38.7. The summed E-state index contributed by atoms with van der Waals surface area (Å²) in [5, 5.41) is 28.8. The Morgan fingerprint density at radius 1 is 1.50 bits per heavy atom. The molecule has 0 aliphatic heterocycles. The molecule has 3 N–H and O–H groups in total. The lowest BCUT2D eigenvalue weighted by Gasteiger charge is -2.20. The molecule has 0 aromatic heterocycles. The summed E-state index contributed by atoms with van der Waals surface area (Å²) in [4.78, 5) is 8.98. The van der Waals surface area contributed by atoms with E-state index in [1.54, 1.807) is 0 Å². The third-order valence-electron chi connectivity index (χ3n) is 2.41. The minimum atomic E-state index is -4.17. The van der Waals surface area contributed by atoms with Gasteiger partial charge in [-0.15, -0.1) is 0 Å². The van der Waals surface area contributed by atoms with Gasteiger partial charge in [0, 0.05) is 12.6 Å². The minimum absolute atomic E-state index is 0.503. The number of benzene rings is 1. The Bertz CT molecular complexity index is 616. The number of nitro benzene ring substituents is 1. The van der Waals surface area contributed by atoms with Crippen LogP contribution in [-0.2, 0) is 10.0 Å². The lowest BCUT2D eigenvalue weighted by Crippen LogP contribution is -2.43. The van der Waals surface area contributed by atoms with E-state index in [-0.39, 0.29) is 0 Å². The molecule has 8 nitrogen and oxygen atoms in total. The first-order chi connectivity index (χ1) is 9.09. The van der Waals surface area contributed by atoms with Crippen LogP contribution in [0.4, 0.5) is 10.1 Å². The Morgan fingerprint density at radius 3 is 2.60 bits per heavy atom. The van der Waals surface area contributed by atoms with Crippen molar-refractivity contribution in [3.63, 3.8) is 0 Å². The number of halogens is 1. The molecule has 112 valence electrons. The van der Waals surface area contributed by atoms with E-state index in [0.29, 0.717) is 12.1 Å². The van der Waals surface area contributed by atoms with Crippen molar-refractivity contribution in [1.82, 2.24) is 4.72 Å². The molecule has 1 aromatic carbocycles. The second kappa shape index (κ2) is 5.79. The normalized spacial score (nSPS) is 14.8. The molecule has 0 aliphatic rings. The molecule has 1 aromatic rings. The first kappa shape index (κ1) is 16.4. The highest BCUT2D eigenvalue weighted by Gasteiger charge is 2.25. The number of aliphatic hydroxyl groups is 2. The van der Waals surface area contributed by atoms with Crippen LogP contribution < -0.4 is 4.72 Å². The fourth-order valence-corrected chi connectivity index (χ4v) is 2.37. The monoisotopic (exact) mass is 308 g/mol. The molecule has 0 heterocycles. The summed E-state index contributed by atoms with van der Waals surface area (Å²) >= 11 is 0. The zero-order valence-corrected chi connectivity index (χ0v) is 11.2. The Kier molecular flexibility index (Phi) is 4.76. The fourth-order valence-electron chi connectivity index (χ4n) is 1.19. The number of sulfonamides is 1. The smallest absolute Gasteiger partial charge is 0.306 e. The standard InChI is InChI=1S/C10H13FN2O6S/c1-10(15,6-14)5-12-20(18,19)7-2-3-8(11)9(4-7)13(16)17/h2-4,12,14-15H,5-6H2,1H3. The predicted octanol–water partition coefficient (Wildman–Crippen LogP) is -0.244. The van der Waals surface area contributed by atoms with Crippen molar-refractivity contribution in [3.05, 3.63) is 34.1 Å². The van der Waals surface area contributed by atoms with Crippen molar-refractivity contribution < 1.29 is 27.9 Å². The van der Waals surface area contributed by atoms with Gasteiger partial charge in [-0.3, -0.25) is 10.1 Å². The Hall–Kier alpha value is -1.62. The lowest BCUT2D eigenvalue weighted by atomic mass is 10.1. The second-order valence-electron chi connectivity index (χ2n) is 4.35. The Morgan fingerprint density at radius 2 is 2.10 bits per heavy atom. The maximum atomic E-state index is 13.1. The lowest BCUT2D eigenvalue weighted by molar-refractivity contribution is -0.387. The molecule has 1 rings (SSSR count). The maximum absolute atomic E-state index is 13.1. The summed E-state index contributed by atoms with van der Waals surface area (Å²) in [6, 6.07) is 2.10. The molecule has 0 amide bonds. The zero-order chi connectivity index (χ0) is 15.6. The molecule has 0 saturated carbocycles. The highest BCUT2D eigenvalue weighted by atomic mass is 32.2. The van der Waals surface area contributed by atoms with Crippen LogP contribution in [0.15, 0.2) is 23.1 Å². The maximum Gasteiger partial charge on any atom is 0.306 e. The quantitative estimate of drug-likeness (QED) is 0.491.